The molecule has 1 aliphatic rings. The van der Waals surface area contributed by atoms with Gasteiger partial charge < -0.3 is 20.1 Å². The van der Waals surface area contributed by atoms with Crippen molar-refractivity contribution < 1.29 is 14.2 Å². The molecule has 2 aromatic carbocycles. The maximum Gasteiger partial charge on any atom is 0.167 e. The summed E-state index contributed by atoms with van der Waals surface area (Å²) in [6.45, 7) is 4.60. The lowest BCUT2D eigenvalue weighted by atomic mass is 10.2. The van der Waals surface area contributed by atoms with E-state index in [0.29, 0.717) is 29.4 Å². The Labute approximate surface area is 199 Å². The maximum absolute atomic E-state index is 14.9. The Morgan fingerprint density at radius 3 is 2.80 bits per heavy atom. The van der Waals surface area contributed by atoms with E-state index in [9.17, 15) is 9.50 Å². The molecular weight excluding hydrogens is 449 g/mol. The van der Waals surface area contributed by atoms with Crippen LogP contribution in [0.3, 0.4) is 0 Å². The summed E-state index contributed by atoms with van der Waals surface area (Å²) in [6, 6.07) is 13.6. The van der Waals surface area contributed by atoms with Gasteiger partial charge in [0.25, 0.3) is 0 Å². The predicted octanol–water partition coefficient (Wildman–Crippen LogP) is 4.43. The van der Waals surface area contributed by atoms with Gasteiger partial charge in [0.05, 0.1) is 5.52 Å². The standard InChI is InChI=1S/C25H20FN7O2/c1-15-6-8-32(25(15)34)17-3-4-21-19(11-17)24(29-13-27-21)31-16-2-5-22(20(26)10-16)35-18-7-9-33-23(12-18)28-14-30-33/h2-5,7,9-14,25,34H,1,6,8H2,(H,27,29,31). The van der Waals surface area contributed by atoms with Crippen LogP contribution in [0.25, 0.3) is 16.6 Å². The van der Waals surface area contributed by atoms with Gasteiger partial charge in [0, 0.05) is 41.6 Å². The number of anilines is 3. The molecule has 3 aromatic heterocycles. The number of nitrogens with zero attached hydrogens (tertiary/aromatic N) is 6. The summed E-state index contributed by atoms with van der Waals surface area (Å²) in [7, 11) is 0. The van der Waals surface area contributed by atoms with Crippen LogP contribution in [-0.2, 0) is 0 Å². The van der Waals surface area contributed by atoms with Gasteiger partial charge in [-0.2, -0.15) is 5.10 Å². The molecule has 0 aliphatic carbocycles. The summed E-state index contributed by atoms with van der Waals surface area (Å²) in [5.74, 6) is 0.521. The maximum atomic E-state index is 14.9. The second kappa shape index (κ2) is 8.33. The highest BCUT2D eigenvalue weighted by molar-refractivity contribution is 5.93. The van der Waals surface area contributed by atoms with Crippen LogP contribution in [0.2, 0.25) is 0 Å². The van der Waals surface area contributed by atoms with Crippen LogP contribution in [-0.4, -0.2) is 42.4 Å². The fraction of sp³-hybridized carbons (Fsp3) is 0.120. The molecule has 1 atom stereocenters. The summed E-state index contributed by atoms with van der Waals surface area (Å²) < 4.78 is 22.2. The highest BCUT2D eigenvalue weighted by Gasteiger charge is 2.26. The smallest absolute Gasteiger partial charge is 0.167 e. The molecule has 35 heavy (non-hydrogen) atoms. The molecule has 0 spiro atoms. The molecule has 0 amide bonds. The predicted molar refractivity (Wildman–Crippen MR) is 129 cm³/mol. The van der Waals surface area contributed by atoms with Gasteiger partial charge in [-0.3, -0.25) is 0 Å². The fourth-order valence-corrected chi connectivity index (χ4v) is 4.11. The van der Waals surface area contributed by atoms with Crippen LogP contribution in [0.4, 0.5) is 21.6 Å². The SMILES string of the molecule is C=C1CCN(c2ccc3ncnc(Nc4ccc(Oc5ccn6ncnc6c5)c(F)c4)c3c2)C1O. The molecular formula is C25H20FN7O2. The van der Waals surface area contributed by atoms with Crippen molar-refractivity contribution in [2.75, 3.05) is 16.8 Å². The molecule has 10 heteroatoms. The van der Waals surface area contributed by atoms with Crippen molar-refractivity contribution in [1.29, 1.82) is 0 Å². The van der Waals surface area contributed by atoms with E-state index in [1.165, 1.54) is 18.7 Å². The van der Waals surface area contributed by atoms with E-state index < -0.39 is 12.0 Å². The third-order valence-electron chi connectivity index (χ3n) is 5.96. The number of halogens is 1. The minimum Gasteiger partial charge on any atom is -0.454 e. The van der Waals surface area contributed by atoms with Gasteiger partial charge in [-0.1, -0.05) is 6.58 Å². The van der Waals surface area contributed by atoms with Crippen molar-refractivity contribution in [1.82, 2.24) is 24.6 Å². The number of rotatable bonds is 5. The first kappa shape index (κ1) is 21.0. The number of hydrogen-bond acceptors (Lipinski definition) is 8. The van der Waals surface area contributed by atoms with Crippen LogP contribution in [0.15, 0.2) is 79.5 Å². The number of aromatic nitrogens is 5. The number of benzene rings is 2. The molecule has 174 valence electrons. The Bertz CT molecular complexity index is 1590. The molecule has 5 aromatic rings. The van der Waals surface area contributed by atoms with Crippen molar-refractivity contribution in [3.63, 3.8) is 0 Å². The van der Waals surface area contributed by atoms with Crippen LogP contribution in [0, 0.1) is 5.82 Å². The van der Waals surface area contributed by atoms with E-state index in [0.717, 1.165) is 28.6 Å². The lowest BCUT2D eigenvalue weighted by Crippen LogP contribution is -2.29. The number of aliphatic hydroxyl groups excluding tert-OH is 1. The molecule has 1 fully saturated rings. The number of fused-ring (bicyclic) bond motifs is 2. The van der Waals surface area contributed by atoms with E-state index in [-0.39, 0.29) is 5.75 Å². The molecule has 0 radical (unpaired) electrons. The molecule has 1 saturated heterocycles. The Kier molecular flexibility index (Phi) is 5.00. The third kappa shape index (κ3) is 3.89. The molecule has 2 N–H and O–H groups in total. The number of hydrogen-bond donors (Lipinski definition) is 2. The first-order valence-corrected chi connectivity index (χ1v) is 11.0. The third-order valence-corrected chi connectivity index (χ3v) is 5.96. The topological polar surface area (TPSA) is 101 Å². The average Bonchev–Trinajstić information content (AvgIpc) is 3.47. The normalized spacial score (nSPS) is 15.8. The van der Waals surface area contributed by atoms with E-state index in [1.54, 1.807) is 35.0 Å². The van der Waals surface area contributed by atoms with E-state index in [2.05, 4.69) is 31.9 Å². The lowest BCUT2D eigenvalue weighted by Gasteiger charge is -2.23. The van der Waals surface area contributed by atoms with E-state index in [1.807, 2.05) is 23.1 Å². The van der Waals surface area contributed by atoms with Crippen molar-refractivity contribution in [3.8, 4) is 11.5 Å². The highest BCUT2D eigenvalue weighted by Crippen LogP contribution is 2.33. The summed E-state index contributed by atoms with van der Waals surface area (Å²) >= 11 is 0. The Morgan fingerprint density at radius 1 is 1.06 bits per heavy atom. The van der Waals surface area contributed by atoms with Crippen molar-refractivity contribution >= 4 is 33.7 Å². The molecule has 1 unspecified atom stereocenters. The minimum absolute atomic E-state index is 0.0810. The van der Waals surface area contributed by atoms with Crippen LogP contribution >= 0.6 is 0 Å². The van der Waals surface area contributed by atoms with E-state index >= 15 is 0 Å². The molecule has 0 bridgehead atoms. The van der Waals surface area contributed by atoms with Crippen LogP contribution in [0.1, 0.15) is 6.42 Å². The monoisotopic (exact) mass is 469 g/mol. The summed E-state index contributed by atoms with van der Waals surface area (Å²) in [5.41, 5.74) is 3.45. The van der Waals surface area contributed by atoms with Gasteiger partial charge in [0.1, 0.15) is 30.4 Å². The Morgan fingerprint density at radius 2 is 1.97 bits per heavy atom. The van der Waals surface area contributed by atoms with Gasteiger partial charge in [0.2, 0.25) is 0 Å². The highest BCUT2D eigenvalue weighted by atomic mass is 19.1. The van der Waals surface area contributed by atoms with Crippen molar-refractivity contribution in [3.05, 3.63) is 85.4 Å². The van der Waals surface area contributed by atoms with Gasteiger partial charge in [-0.15, -0.1) is 0 Å². The van der Waals surface area contributed by atoms with Crippen LogP contribution < -0.4 is 15.0 Å². The minimum atomic E-state index is -0.722. The first-order valence-electron chi connectivity index (χ1n) is 11.0. The Hall–Kier alpha value is -4.57. The molecule has 0 saturated carbocycles. The van der Waals surface area contributed by atoms with Gasteiger partial charge in [-0.25, -0.2) is 23.9 Å². The second-order valence-electron chi connectivity index (χ2n) is 8.20. The number of nitrogens with one attached hydrogen (secondary N) is 1. The molecule has 1 aliphatic heterocycles. The summed E-state index contributed by atoms with van der Waals surface area (Å²) in [6.07, 6.45) is 4.59. The van der Waals surface area contributed by atoms with E-state index in [4.69, 9.17) is 4.74 Å². The lowest BCUT2D eigenvalue weighted by molar-refractivity contribution is 0.222. The second-order valence-corrected chi connectivity index (χ2v) is 8.20. The summed E-state index contributed by atoms with van der Waals surface area (Å²) in [4.78, 5) is 14.7. The zero-order chi connectivity index (χ0) is 23.9. The largest absolute Gasteiger partial charge is 0.454 e. The van der Waals surface area contributed by atoms with Gasteiger partial charge in [0.15, 0.2) is 17.2 Å². The molecule has 4 heterocycles. The molecule has 9 nitrogen and oxygen atoms in total. The zero-order valence-corrected chi connectivity index (χ0v) is 18.5. The van der Waals surface area contributed by atoms with Gasteiger partial charge >= 0.3 is 0 Å². The van der Waals surface area contributed by atoms with Crippen LogP contribution in [0.5, 0.6) is 11.5 Å². The number of pyridine rings is 1. The number of ether oxygens (including phenoxy) is 1. The average molecular weight is 469 g/mol. The first-order chi connectivity index (χ1) is 17.0. The molecule has 6 rings (SSSR count). The van der Waals surface area contributed by atoms with Crippen molar-refractivity contribution in [2.45, 2.75) is 12.6 Å². The fourth-order valence-electron chi connectivity index (χ4n) is 4.11. The quantitative estimate of drug-likeness (QED) is 0.365. The van der Waals surface area contributed by atoms with Gasteiger partial charge in [-0.05, 0) is 48.4 Å². The number of aliphatic hydroxyl groups is 1. The Balaban J connectivity index is 1.27. The van der Waals surface area contributed by atoms with Crippen molar-refractivity contribution in [2.24, 2.45) is 0 Å². The zero-order valence-electron chi connectivity index (χ0n) is 18.5. The summed E-state index contributed by atoms with van der Waals surface area (Å²) in [5, 5.41) is 18.4.